The molecule has 0 aliphatic heterocycles. The second-order valence-corrected chi connectivity index (χ2v) is 5.59. The van der Waals surface area contributed by atoms with Gasteiger partial charge in [0.1, 0.15) is 0 Å². The summed E-state index contributed by atoms with van der Waals surface area (Å²) in [6.45, 7) is 4.29. The maximum atomic E-state index is 5.71. The standard InChI is InChI=1S/C18H24N2/c1-14-10-15(2)12-17(11-14)13-18(20-19)9-8-16-6-4-3-5-7-16/h3-7,10-12,18,20H,8-9,13,19H2,1-2H3. The fourth-order valence-corrected chi connectivity index (χ4v) is 2.70. The van der Waals surface area contributed by atoms with Crippen LogP contribution in [0.2, 0.25) is 0 Å². The molecule has 0 saturated carbocycles. The highest BCUT2D eigenvalue weighted by Gasteiger charge is 2.08. The Balaban J connectivity index is 1.95. The summed E-state index contributed by atoms with van der Waals surface area (Å²) in [6.07, 6.45) is 3.08. The van der Waals surface area contributed by atoms with Gasteiger partial charge >= 0.3 is 0 Å². The molecule has 0 heterocycles. The summed E-state index contributed by atoms with van der Waals surface area (Å²) in [5.74, 6) is 5.71. The van der Waals surface area contributed by atoms with Crippen LogP contribution < -0.4 is 11.3 Å². The van der Waals surface area contributed by atoms with Crippen molar-refractivity contribution >= 4 is 0 Å². The van der Waals surface area contributed by atoms with Crippen LogP contribution in [0, 0.1) is 13.8 Å². The summed E-state index contributed by atoms with van der Waals surface area (Å²) in [5, 5.41) is 0. The molecule has 1 unspecified atom stereocenters. The maximum Gasteiger partial charge on any atom is 0.0254 e. The van der Waals surface area contributed by atoms with Gasteiger partial charge in [0.2, 0.25) is 0 Å². The molecule has 2 aromatic rings. The van der Waals surface area contributed by atoms with E-state index in [1.54, 1.807) is 0 Å². The molecule has 0 bridgehead atoms. The lowest BCUT2D eigenvalue weighted by Gasteiger charge is -2.16. The van der Waals surface area contributed by atoms with Gasteiger partial charge in [0, 0.05) is 6.04 Å². The summed E-state index contributed by atoms with van der Waals surface area (Å²) in [5.41, 5.74) is 8.32. The third-order valence-electron chi connectivity index (χ3n) is 3.62. The minimum absolute atomic E-state index is 0.316. The van der Waals surface area contributed by atoms with E-state index in [9.17, 15) is 0 Å². The van der Waals surface area contributed by atoms with Crippen LogP contribution in [0.4, 0.5) is 0 Å². The molecule has 0 aromatic heterocycles. The van der Waals surface area contributed by atoms with E-state index in [0.717, 1.165) is 19.3 Å². The van der Waals surface area contributed by atoms with E-state index >= 15 is 0 Å². The Morgan fingerprint density at radius 2 is 1.60 bits per heavy atom. The van der Waals surface area contributed by atoms with E-state index in [4.69, 9.17) is 5.84 Å². The van der Waals surface area contributed by atoms with Gasteiger partial charge in [0.15, 0.2) is 0 Å². The quantitative estimate of drug-likeness (QED) is 0.623. The molecule has 3 N–H and O–H groups in total. The molecule has 1 atom stereocenters. The van der Waals surface area contributed by atoms with Gasteiger partial charge in [-0.25, -0.2) is 0 Å². The zero-order valence-electron chi connectivity index (χ0n) is 12.4. The van der Waals surface area contributed by atoms with Gasteiger partial charge < -0.3 is 0 Å². The SMILES string of the molecule is Cc1cc(C)cc(CC(CCc2ccccc2)NN)c1. The van der Waals surface area contributed by atoms with Crippen molar-refractivity contribution in [3.8, 4) is 0 Å². The van der Waals surface area contributed by atoms with Crippen LogP contribution in [0.5, 0.6) is 0 Å². The Morgan fingerprint density at radius 1 is 0.950 bits per heavy atom. The largest absolute Gasteiger partial charge is 0.271 e. The van der Waals surface area contributed by atoms with E-state index in [2.05, 4.69) is 67.8 Å². The van der Waals surface area contributed by atoms with Crippen LogP contribution in [0.15, 0.2) is 48.5 Å². The Morgan fingerprint density at radius 3 is 2.20 bits per heavy atom. The number of nitrogens with two attached hydrogens (primary N) is 1. The highest BCUT2D eigenvalue weighted by Crippen LogP contribution is 2.13. The number of hydrogen-bond acceptors (Lipinski definition) is 2. The van der Waals surface area contributed by atoms with E-state index in [1.807, 2.05) is 0 Å². The van der Waals surface area contributed by atoms with Crippen LogP contribution in [0.3, 0.4) is 0 Å². The molecule has 106 valence electrons. The zero-order chi connectivity index (χ0) is 14.4. The Kier molecular flexibility index (Phi) is 5.33. The molecule has 2 rings (SSSR count). The van der Waals surface area contributed by atoms with Crippen LogP contribution in [0.1, 0.15) is 28.7 Å². The summed E-state index contributed by atoms with van der Waals surface area (Å²) < 4.78 is 0. The first-order valence-corrected chi connectivity index (χ1v) is 7.24. The van der Waals surface area contributed by atoms with Crippen molar-refractivity contribution in [2.45, 2.75) is 39.2 Å². The second kappa shape index (κ2) is 7.22. The lowest BCUT2D eigenvalue weighted by Crippen LogP contribution is -2.37. The second-order valence-electron chi connectivity index (χ2n) is 5.59. The first-order chi connectivity index (χ1) is 9.67. The molecule has 0 aliphatic carbocycles. The number of hydrazine groups is 1. The highest BCUT2D eigenvalue weighted by molar-refractivity contribution is 5.29. The lowest BCUT2D eigenvalue weighted by molar-refractivity contribution is 0.491. The summed E-state index contributed by atoms with van der Waals surface area (Å²) in [7, 11) is 0. The van der Waals surface area contributed by atoms with Crippen molar-refractivity contribution in [1.29, 1.82) is 0 Å². The topological polar surface area (TPSA) is 38.0 Å². The first-order valence-electron chi connectivity index (χ1n) is 7.24. The molecule has 0 spiro atoms. The molecular weight excluding hydrogens is 244 g/mol. The summed E-state index contributed by atoms with van der Waals surface area (Å²) >= 11 is 0. The van der Waals surface area contributed by atoms with Crippen LogP contribution >= 0.6 is 0 Å². The number of rotatable bonds is 6. The van der Waals surface area contributed by atoms with Gasteiger partial charge in [0.05, 0.1) is 0 Å². The van der Waals surface area contributed by atoms with Gasteiger partial charge in [-0.1, -0.05) is 59.7 Å². The molecule has 0 fully saturated rings. The molecule has 0 saturated heterocycles. The third-order valence-corrected chi connectivity index (χ3v) is 3.62. The van der Waals surface area contributed by atoms with E-state index in [-0.39, 0.29) is 0 Å². The number of benzene rings is 2. The van der Waals surface area contributed by atoms with Crippen molar-refractivity contribution < 1.29 is 0 Å². The molecule has 20 heavy (non-hydrogen) atoms. The number of hydrogen-bond donors (Lipinski definition) is 2. The van der Waals surface area contributed by atoms with Crippen LogP contribution in [-0.4, -0.2) is 6.04 Å². The van der Waals surface area contributed by atoms with Gasteiger partial charge in [-0.2, -0.15) is 0 Å². The molecule has 2 nitrogen and oxygen atoms in total. The van der Waals surface area contributed by atoms with E-state index < -0.39 is 0 Å². The maximum absolute atomic E-state index is 5.71. The third kappa shape index (κ3) is 4.48. The first kappa shape index (κ1) is 14.8. The molecule has 2 aromatic carbocycles. The average molecular weight is 268 g/mol. The van der Waals surface area contributed by atoms with E-state index in [1.165, 1.54) is 22.3 Å². The van der Waals surface area contributed by atoms with Crippen molar-refractivity contribution in [2.75, 3.05) is 0 Å². The van der Waals surface area contributed by atoms with E-state index in [0.29, 0.717) is 6.04 Å². The molecular formula is C18H24N2. The predicted molar refractivity (Wildman–Crippen MR) is 85.5 cm³/mol. The minimum Gasteiger partial charge on any atom is -0.271 e. The van der Waals surface area contributed by atoms with Crippen molar-refractivity contribution in [3.63, 3.8) is 0 Å². The Labute approximate surface area is 122 Å². The minimum atomic E-state index is 0.316. The molecule has 2 heteroatoms. The number of aryl methyl sites for hydroxylation is 3. The average Bonchev–Trinajstić information content (AvgIpc) is 2.43. The van der Waals surface area contributed by atoms with Gasteiger partial charge in [0.25, 0.3) is 0 Å². The Bertz CT molecular complexity index is 514. The van der Waals surface area contributed by atoms with Crippen LogP contribution in [-0.2, 0) is 12.8 Å². The highest BCUT2D eigenvalue weighted by atomic mass is 15.2. The smallest absolute Gasteiger partial charge is 0.0254 e. The summed E-state index contributed by atoms with van der Waals surface area (Å²) in [4.78, 5) is 0. The Hall–Kier alpha value is -1.64. The van der Waals surface area contributed by atoms with Crippen LogP contribution in [0.25, 0.3) is 0 Å². The molecule has 0 amide bonds. The predicted octanol–water partition coefficient (Wildman–Crippen LogP) is 3.31. The van der Waals surface area contributed by atoms with Crippen molar-refractivity contribution in [1.82, 2.24) is 5.43 Å². The number of nitrogens with one attached hydrogen (secondary N) is 1. The fraction of sp³-hybridized carbons (Fsp3) is 0.333. The fourth-order valence-electron chi connectivity index (χ4n) is 2.70. The van der Waals surface area contributed by atoms with Crippen molar-refractivity contribution in [2.24, 2.45) is 5.84 Å². The van der Waals surface area contributed by atoms with Gasteiger partial charge in [-0.05, 0) is 44.2 Å². The lowest BCUT2D eigenvalue weighted by atomic mass is 9.97. The van der Waals surface area contributed by atoms with Crippen molar-refractivity contribution in [3.05, 3.63) is 70.8 Å². The normalized spacial score (nSPS) is 12.3. The molecule has 0 radical (unpaired) electrons. The summed E-state index contributed by atoms with van der Waals surface area (Å²) in [6, 6.07) is 17.6. The molecule has 0 aliphatic rings. The zero-order valence-corrected chi connectivity index (χ0v) is 12.4. The van der Waals surface area contributed by atoms with Gasteiger partial charge in [-0.15, -0.1) is 0 Å². The van der Waals surface area contributed by atoms with Gasteiger partial charge in [-0.3, -0.25) is 11.3 Å². The monoisotopic (exact) mass is 268 g/mol.